The third-order valence-electron chi connectivity index (χ3n) is 1.84. The maximum absolute atomic E-state index is 4.32. The Balaban J connectivity index is 2.60. The molecule has 0 radical (unpaired) electrons. The number of rotatable bonds is 3. The van der Waals surface area contributed by atoms with Crippen molar-refractivity contribution in [2.45, 2.75) is 32.7 Å². The van der Waals surface area contributed by atoms with Crippen LogP contribution < -0.4 is 0 Å². The molecule has 0 aliphatic heterocycles. The van der Waals surface area contributed by atoms with Crippen LogP contribution in [0.5, 0.6) is 0 Å². The predicted octanol–water partition coefficient (Wildman–Crippen LogP) is 0.532. The van der Waals surface area contributed by atoms with Gasteiger partial charge in [0, 0.05) is 13.0 Å². The van der Waals surface area contributed by atoms with Gasteiger partial charge in [-0.2, -0.15) is 4.80 Å². The largest absolute Gasteiger partial charge is 0.309 e. The average Bonchev–Trinajstić information content (AvgIpc) is 2.47. The highest BCUT2D eigenvalue weighted by atomic mass is 15.6. The molecule has 5 nitrogen and oxygen atoms in total. The molecule has 1 rings (SSSR count). The van der Waals surface area contributed by atoms with E-state index in [1.807, 2.05) is 14.1 Å². The minimum absolute atomic E-state index is 0.0800. The van der Waals surface area contributed by atoms with Crippen molar-refractivity contribution >= 4 is 0 Å². The van der Waals surface area contributed by atoms with Crippen molar-refractivity contribution in [1.29, 1.82) is 0 Å². The number of hydrogen-bond acceptors (Lipinski definition) is 4. The molecule has 0 amide bonds. The van der Waals surface area contributed by atoms with E-state index in [0.29, 0.717) is 0 Å². The van der Waals surface area contributed by atoms with Gasteiger partial charge in [0.2, 0.25) is 0 Å². The standard InChI is InChI=1S/C9H19N5/c1-9(2,3)14-11-8(10-12-14)6-7-13(4)5/h6-7H2,1-5H3. The zero-order chi connectivity index (χ0) is 10.8. The van der Waals surface area contributed by atoms with Gasteiger partial charge >= 0.3 is 0 Å². The predicted molar refractivity (Wildman–Crippen MR) is 55.1 cm³/mol. The highest BCUT2D eigenvalue weighted by molar-refractivity contribution is 4.80. The monoisotopic (exact) mass is 197 g/mol. The Bertz CT molecular complexity index is 284. The lowest BCUT2D eigenvalue weighted by Gasteiger charge is -2.15. The molecule has 0 fully saturated rings. The lowest BCUT2D eigenvalue weighted by Crippen LogP contribution is -2.25. The van der Waals surface area contributed by atoms with Gasteiger partial charge in [-0.15, -0.1) is 10.2 Å². The van der Waals surface area contributed by atoms with Crippen LogP contribution in [0.1, 0.15) is 26.6 Å². The summed E-state index contributed by atoms with van der Waals surface area (Å²) in [6.07, 6.45) is 0.850. The number of aromatic nitrogens is 4. The third-order valence-corrected chi connectivity index (χ3v) is 1.84. The fraction of sp³-hybridized carbons (Fsp3) is 0.889. The fourth-order valence-electron chi connectivity index (χ4n) is 0.951. The van der Waals surface area contributed by atoms with E-state index >= 15 is 0 Å². The summed E-state index contributed by atoms with van der Waals surface area (Å²) in [5.74, 6) is 0.814. The summed E-state index contributed by atoms with van der Waals surface area (Å²) in [5.41, 5.74) is -0.0800. The topological polar surface area (TPSA) is 46.8 Å². The minimum atomic E-state index is -0.0800. The summed E-state index contributed by atoms with van der Waals surface area (Å²) in [5, 5.41) is 12.4. The molecule has 5 heteroatoms. The number of hydrogen-bond donors (Lipinski definition) is 0. The van der Waals surface area contributed by atoms with Crippen molar-refractivity contribution < 1.29 is 0 Å². The van der Waals surface area contributed by atoms with Gasteiger partial charge in [0.25, 0.3) is 0 Å². The average molecular weight is 197 g/mol. The zero-order valence-corrected chi connectivity index (χ0v) is 9.65. The van der Waals surface area contributed by atoms with Crippen molar-refractivity contribution in [3.05, 3.63) is 5.82 Å². The van der Waals surface area contributed by atoms with Crippen LogP contribution in [-0.2, 0) is 12.0 Å². The molecule has 1 heterocycles. The first-order chi connectivity index (χ1) is 6.39. The Morgan fingerprint density at radius 1 is 1.29 bits per heavy atom. The Kier molecular flexibility index (Phi) is 3.21. The molecule has 80 valence electrons. The maximum atomic E-state index is 4.32. The maximum Gasteiger partial charge on any atom is 0.176 e. The molecule has 14 heavy (non-hydrogen) atoms. The third kappa shape index (κ3) is 3.06. The molecule has 0 unspecified atom stereocenters. The van der Waals surface area contributed by atoms with Gasteiger partial charge in [0.1, 0.15) is 0 Å². The molecular weight excluding hydrogens is 178 g/mol. The van der Waals surface area contributed by atoms with Gasteiger partial charge in [0.15, 0.2) is 5.82 Å². The van der Waals surface area contributed by atoms with Crippen LogP contribution in [0.2, 0.25) is 0 Å². The Morgan fingerprint density at radius 2 is 1.93 bits per heavy atom. The number of likely N-dealkylation sites (N-methyl/N-ethyl adjacent to an activating group) is 1. The summed E-state index contributed by atoms with van der Waals surface area (Å²) in [7, 11) is 4.07. The molecule has 1 aromatic rings. The number of tetrazole rings is 1. The molecule has 0 saturated heterocycles. The van der Waals surface area contributed by atoms with Gasteiger partial charge in [-0.3, -0.25) is 0 Å². The Labute approximate surface area is 85.1 Å². The second kappa shape index (κ2) is 4.04. The van der Waals surface area contributed by atoms with E-state index in [4.69, 9.17) is 0 Å². The molecule has 0 saturated carbocycles. The van der Waals surface area contributed by atoms with Crippen molar-refractivity contribution in [3.63, 3.8) is 0 Å². The molecule has 0 bridgehead atoms. The summed E-state index contributed by atoms with van der Waals surface area (Å²) in [6.45, 7) is 7.13. The van der Waals surface area contributed by atoms with Crippen LogP contribution in [0, 0.1) is 0 Å². The molecule has 0 spiro atoms. The van der Waals surface area contributed by atoms with Crippen LogP contribution in [0.15, 0.2) is 0 Å². The summed E-state index contributed by atoms with van der Waals surface area (Å²) >= 11 is 0. The second-order valence-electron chi connectivity index (χ2n) is 4.72. The SMILES string of the molecule is CN(C)CCc1nnn(C(C)(C)C)n1. The van der Waals surface area contributed by atoms with Crippen molar-refractivity contribution in [3.8, 4) is 0 Å². The molecular formula is C9H19N5. The summed E-state index contributed by atoms with van der Waals surface area (Å²) < 4.78 is 0. The quantitative estimate of drug-likeness (QED) is 0.709. The van der Waals surface area contributed by atoms with Gasteiger partial charge in [-0.1, -0.05) is 0 Å². The van der Waals surface area contributed by atoms with E-state index in [1.54, 1.807) is 4.80 Å². The van der Waals surface area contributed by atoms with E-state index in [9.17, 15) is 0 Å². The second-order valence-corrected chi connectivity index (χ2v) is 4.72. The van der Waals surface area contributed by atoms with E-state index < -0.39 is 0 Å². The lowest BCUT2D eigenvalue weighted by molar-refractivity contribution is 0.305. The van der Waals surface area contributed by atoms with Crippen molar-refractivity contribution in [2.24, 2.45) is 0 Å². The Morgan fingerprint density at radius 3 is 2.36 bits per heavy atom. The molecule has 0 N–H and O–H groups in total. The highest BCUT2D eigenvalue weighted by Crippen LogP contribution is 2.09. The normalized spacial score (nSPS) is 12.4. The first-order valence-electron chi connectivity index (χ1n) is 4.84. The molecule has 1 aromatic heterocycles. The molecule has 0 aromatic carbocycles. The molecule has 0 aliphatic carbocycles. The first-order valence-corrected chi connectivity index (χ1v) is 4.84. The van der Waals surface area contributed by atoms with Crippen LogP contribution in [0.3, 0.4) is 0 Å². The fourth-order valence-corrected chi connectivity index (χ4v) is 0.951. The lowest BCUT2D eigenvalue weighted by atomic mass is 10.1. The van der Waals surface area contributed by atoms with Gasteiger partial charge in [-0.25, -0.2) is 0 Å². The van der Waals surface area contributed by atoms with Crippen LogP contribution >= 0.6 is 0 Å². The molecule has 0 atom stereocenters. The summed E-state index contributed by atoms with van der Waals surface area (Å²) in [4.78, 5) is 3.77. The van der Waals surface area contributed by atoms with Gasteiger partial charge in [-0.05, 0) is 40.1 Å². The van der Waals surface area contributed by atoms with Crippen molar-refractivity contribution in [2.75, 3.05) is 20.6 Å². The van der Waals surface area contributed by atoms with Crippen LogP contribution in [0.4, 0.5) is 0 Å². The van der Waals surface area contributed by atoms with E-state index in [1.165, 1.54) is 0 Å². The van der Waals surface area contributed by atoms with Crippen LogP contribution in [0.25, 0.3) is 0 Å². The van der Waals surface area contributed by atoms with Crippen molar-refractivity contribution in [1.82, 2.24) is 25.1 Å². The Hall–Kier alpha value is -0.970. The van der Waals surface area contributed by atoms with Gasteiger partial charge < -0.3 is 4.90 Å². The highest BCUT2D eigenvalue weighted by Gasteiger charge is 2.16. The smallest absolute Gasteiger partial charge is 0.176 e. The van der Waals surface area contributed by atoms with E-state index in [-0.39, 0.29) is 5.54 Å². The van der Waals surface area contributed by atoms with Gasteiger partial charge in [0.05, 0.1) is 5.54 Å². The minimum Gasteiger partial charge on any atom is -0.309 e. The zero-order valence-electron chi connectivity index (χ0n) is 9.65. The summed E-state index contributed by atoms with van der Waals surface area (Å²) in [6, 6.07) is 0. The molecule has 0 aliphatic rings. The van der Waals surface area contributed by atoms with E-state index in [0.717, 1.165) is 18.8 Å². The van der Waals surface area contributed by atoms with Crippen LogP contribution in [-0.4, -0.2) is 45.7 Å². The number of nitrogens with zero attached hydrogens (tertiary/aromatic N) is 5. The first kappa shape index (κ1) is 11.1. The van der Waals surface area contributed by atoms with E-state index in [2.05, 4.69) is 41.1 Å².